The van der Waals surface area contributed by atoms with Crippen LogP contribution in [0.5, 0.6) is 0 Å². The Morgan fingerprint density at radius 3 is 2.45 bits per heavy atom. The zero-order valence-electron chi connectivity index (χ0n) is 15.9. The molecule has 0 aliphatic rings. The third-order valence-electron chi connectivity index (χ3n) is 4.15. The van der Waals surface area contributed by atoms with E-state index < -0.39 is 42.3 Å². The van der Waals surface area contributed by atoms with Crippen molar-refractivity contribution in [3.63, 3.8) is 0 Å². The van der Waals surface area contributed by atoms with E-state index in [2.05, 4.69) is 10.6 Å². The van der Waals surface area contributed by atoms with Crippen LogP contribution in [0.25, 0.3) is 10.9 Å². The van der Waals surface area contributed by atoms with Crippen molar-refractivity contribution in [1.82, 2.24) is 26.1 Å². The third kappa shape index (κ3) is 5.54. The van der Waals surface area contributed by atoms with Gasteiger partial charge in [-0.15, -0.1) is 0 Å². The van der Waals surface area contributed by atoms with Gasteiger partial charge in [0.25, 0.3) is 5.91 Å². The predicted octanol–water partition coefficient (Wildman–Crippen LogP) is -0.930. The summed E-state index contributed by atoms with van der Waals surface area (Å²) in [7, 11) is 1.74. The largest absolute Gasteiger partial charge is 0.350 e. The van der Waals surface area contributed by atoms with Crippen LogP contribution in [0.1, 0.15) is 23.8 Å². The molecule has 0 saturated carbocycles. The molecule has 1 aromatic heterocycles. The number of fused-ring (bicyclic) bond motifs is 1. The van der Waals surface area contributed by atoms with E-state index in [1.165, 1.54) is 6.92 Å². The zero-order chi connectivity index (χ0) is 21.6. The van der Waals surface area contributed by atoms with Crippen LogP contribution in [0.2, 0.25) is 0 Å². The normalized spacial score (nSPS) is 12.5. The molecular weight excluding hydrogens is 380 g/mol. The average molecular weight is 402 g/mol. The van der Waals surface area contributed by atoms with Crippen LogP contribution < -0.4 is 27.2 Å². The summed E-state index contributed by atoms with van der Waals surface area (Å²) in [6.45, 7) is 1.45. The van der Waals surface area contributed by atoms with Gasteiger partial charge in [-0.2, -0.15) is 0 Å². The molecular formula is C18H22N6O5. The number of para-hydroxylation sites is 1. The van der Waals surface area contributed by atoms with E-state index >= 15 is 0 Å². The number of nitrogens with zero attached hydrogens (tertiary/aromatic N) is 1. The summed E-state index contributed by atoms with van der Waals surface area (Å²) in [5, 5.41) is 5.79. The van der Waals surface area contributed by atoms with Gasteiger partial charge >= 0.3 is 6.03 Å². The Morgan fingerprint density at radius 2 is 1.83 bits per heavy atom. The molecule has 0 unspecified atom stereocenters. The molecule has 0 aliphatic carbocycles. The number of aldehydes is 1. The van der Waals surface area contributed by atoms with Crippen molar-refractivity contribution in [2.45, 2.75) is 25.4 Å². The van der Waals surface area contributed by atoms with E-state index in [1.807, 2.05) is 35.1 Å². The molecule has 1 heterocycles. The standard InChI is InChI=1S/C18H22N6O5/c1-10(16(27)21-12(9-25)8-15(26)22-23-18(19)29)20-17(28)14-7-11-5-3-4-6-13(11)24(14)2/h3-7,9-10,12H,8H2,1-2H3,(H,20,28)(H,21,27)(H,22,26)(H3,19,23,29)/t10-,12-/m0/s1. The second-order valence-corrected chi connectivity index (χ2v) is 6.34. The molecule has 2 rings (SSSR count). The molecule has 1 aromatic carbocycles. The van der Waals surface area contributed by atoms with Gasteiger partial charge in [0.2, 0.25) is 11.8 Å². The van der Waals surface area contributed by atoms with Gasteiger partial charge in [-0.25, -0.2) is 10.2 Å². The van der Waals surface area contributed by atoms with E-state index in [9.17, 15) is 24.0 Å². The molecule has 29 heavy (non-hydrogen) atoms. The minimum Gasteiger partial charge on any atom is -0.350 e. The maximum atomic E-state index is 12.5. The molecule has 2 atom stereocenters. The second-order valence-electron chi connectivity index (χ2n) is 6.34. The van der Waals surface area contributed by atoms with Crippen LogP contribution in [0.15, 0.2) is 30.3 Å². The Labute approximate surface area is 165 Å². The lowest BCUT2D eigenvalue weighted by molar-refractivity contribution is -0.127. The number of hydrogen-bond donors (Lipinski definition) is 5. The minimum atomic E-state index is -1.14. The topological polar surface area (TPSA) is 164 Å². The molecule has 0 aliphatic heterocycles. The lowest BCUT2D eigenvalue weighted by atomic mass is 10.2. The Morgan fingerprint density at radius 1 is 1.14 bits per heavy atom. The number of hydrogen-bond acceptors (Lipinski definition) is 5. The van der Waals surface area contributed by atoms with E-state index in [0.717, 1.165) is 10.9 Å². The van der Waals surface area contributed by atoms with E-state index in [1.54, 1.807) is 17.7 Å². The Kier molecular flexibility index (Phi) is 6.90. The number of primary amides is 1. The average Bonchev–Trinajstić information content (AvgIpc) is 3.02. The first-order valence-electron chi connectivity index (χ1n) is 8.68. The van der Waals surface area contributed by atoms with Crippen LogP contribution >= 0.6 is 0 Å². The molecule has 0 fully saturated rings. The van der Waals surface area contributed by atoms with Gasteiger partial charge in [0.05, 0.1) is 12.5 Å². The first-order valence-corrected chi connectivity index (χ1v) is 8.68. The monoisotopic (exact) mass is 402 g/mol. The minimum absolute atomic E-state index is 0.370. The Hall–Kier alpha value is -3.89. The van der Waals surface area contributed by atoms with Crippen LogP contribution in [-0.4, -0.2) is 46.7 Å². The fourth-order valence-corrected chi connectivity index (χ4v) is 2.67. The summed E-state index contributed by atoms with van der Waals surface area (Å²) in [6.07, 6.45) is -0.0421. The van der Waals surface area contributed by atoms with Gasteiger partial charge in [-0.05, 0) is 19.1 Å². The number of carbonyl (C=O) groups excluding carboxylic acids is 5. The smallest absolute Gasteiger partial charge is 0.330 e. The van der Waals surface area contributed by atoms with Gasteiger partial charge in [-0.3, -0.25) is 19.8 Å². The van der Waals surface area contributed by atoms with Gasteiger partial charge < -0.3 is 25.7 Å². The van der Waals surface area contributed by atoms with E-state index in [4.69, 9.17) is 5.73 Å². The number of benzene rings is 1. The lowest BCUT2D eigenvalue weighted by Crippen LogP contribution is -2.51. The van der Waals surface area contributed by atoms with Crippen LogP contribution in [-0.2, 0) is 21.4 Å². The Balaban J connectivity index is 1.95. The molecule has 2 aromatic rings. The molecule has 5 amide bonds. The number of carbonyl (C=O) groups is 5. The summed E-state index contributed by atoms with van der Waals surface area (Å²) in [4.78, 5) is 58.1. The van der Waals surface area contributed by atoms with Crippen molar-refractivity contribution in [2.24, 2.45) is 12.8 Å². The SMILES string of the molecule is C[C@H](NC(=O)c1cc2ccccc2n1C)C(=O)N[C@H](C=O)CC(=O)NNC(N)=O. The van der Waals surface area contributed by atoms with Crippen LogP contribution in [0, 0.1) is 0 Å². The highest BCUT2D eigenvalue weighted by Crippen LogP contribution is 2.18. The third-order valence-corrected chi connectivity index (χ3v) is 4.15. The summed E-state index contributed by atoms with van der Waals surface area (Å²) in [5.74, 6) is -1.84. The fraction of sp³-hybridized carbons (Fsp3) is 0.278. The van der Waals surface area contributed by atoms with Crippen molar-refractivity contribution in [3.8, 4) is 0 Å². The van der Waals surface area contributed by atoms with Crippen molar-refractivity contribution >= 4 is 40.9 Å². The number of aromatic nitrogens is 1. The number of nitrogens with two attached hydrogens (primary N) is 1. The molecule has 0 spiro atoms. The molecule has 0 radical (unpaired) electrons. The maximum absolute atomic E-state index is 12.5. The molecule has 11 heteroatoms. The second kappa shape index (κ2) is 9.35. The first-order chi connectivity index (χ1) is 13.7. The quantitative estimate of drug-likeness (QED) is 0.298. The van der Waals surface area contributed by atoms with E-state index in [0.29, 0.717) is 12.0 Å². The van der Waals surface area contributed by atoms with Crippen molar-refractivity contribution < 1.29 is 24.0 Å². The molecule has 6 N–H and O–H groups in total. The molecule has 0 saturated heterocycles. The summed E-state index contributed by atoms with van der Waals surface area (Å²) in [5.41, 5.74) is 9.88. The van der Waals surface area contributed by atoms with Crippen LogP contribution in [0.4, 0.5) is 4.79 Å². The van der Waals surface area contributed by atoms with Crippen molar-refractivity contribution in [1.29, 1.82) is 0 Å². The number of rotatable bonds is 7. The fourth-order valence-electron chi connectivity index (χ4n) is 2.67. The van der Waals surface area contributed by atoms with Gasteiger partial charge in [0.1, 0.15) is 18.0 Å². The molecule has 154 valence electrons. The number of amides is 5. The summed E-state index contributed by atoms with van der Waals surface area (Å²) < 4.78 is 1.71. The number of urea groups is 1. The molecule has 11 nitrogen and oxygen atoms in total. The molecule has 0 bridgehead atoms. The van der Waals surface area contributed by atoms with Crippen molar-refractivity contribution in [2.75, 3.05) is 0 Å². The van der Waals surface area contributed by atoms with Crippen LogP contribution in [0.3, 0.4) is 0 Å². The highest BCUT2D eigenvalue weighted by atomic mass is 16.2. The highest BCUT2D eigenvalue weighted by molar-refractivity contribution is 6.01. The Bertz CT molecular complexity index is 953. The predicted molar refractivity (Wildman–Crippen MR) is 103 cm³/mol. The maximum Gasteiger partial charge on any atom is 0.330 e. The number of hydrazine groups is 1. The van der Waals surface area contributed by atoms with Gasteiger partial charge in [-0.1, -0.05) is 18.2 Å². The lowest BCUT2D eigenvalue weighted by Gasteiger charge is -2.18. The van der Waals surface area contributed by atoms with Gasteiger partial charge in [0.15, 0.2) is 0 Å². The summed E-state index contributed by atoms with van der Waals surface area (Å²) in [6, 6.07) is 6.08. The highest BCUT2D eigenvalue weighted by Gasteiger charge is 2.23. The first kappa shape index (κ1) is 21.4. The van der Waals surface area contributed by atoms with Gasteiger partial charge in [0, 0.05) is 18.0 Å². The van der Waals surface area contributed by atoms with Crippen molar-refractivity contribution in [3.05, 3.63) is 36.0 Å². The van der Waals surface area contributed by atoms with E-state index in [-0.39, 0.29) is 0 Å². The zero-order valence-corrected chi connectivity index (χ0v) is 15.9. The number of aryl methyl sites for hydroxylation is 1. The number of nitrogens with one attached hydrogen (secondary N) is 4. The summed E-state index contributed by atoms with van der Waals surface area (Å²) >= 11 is 0.